The summed E-state index contributed by atoms with van der Waals surface area (Å²) in [5.74, 6) is -1.08. The van der Waals surface area contributed by atoms with Crippen molar-refractivity contribution in [2.24, 2.45) is 5.92 Å². The van der Waals surface area contributed by atoms with Crippen LogP contribution in [0.15, 0.2) is 15.9 Å². The first kappa shape index (κ1) is 14.3. The van der Waals surface area contributed by atoms with Crippen LogP contribution < -0.4 is 10.6 Å². The molecule has 1 heterocycles. The minimum atomic E-state index is -0.777. The monoisotopic (exact) mass is 346 g/mol. The summed E-state index contributed by atoms with van der Waals surface area (Å²) in [4.78, 5) is 23.4. The number of hydrogen-bond donors (Lipinski definition) is 3. The quantitative estimate of drug-likeness (QED) is 0.764. The van der Waals surface area contributed by atoms with E-state index in [1.165, 1.54) is 4.88 Å². The zero-order valence-corrected chi connectivity index (χ0v) is 12.6. The highest BCUT2D eigenvalue weighted by molar-refractivity contribution is 9.10. The van der Waals surface area contributed by atoms with Crippen molar-refractivity contribution in [3.05, 3.63) is 20.8 Å². The molecule has 0 aliphatic heterocycles. The minimum absolute atomic E-state index is 0.00502. The number of amides is 2. The Morgan fingerprint density at radius 2 is 2.21 bits per heavy atom. The third-order valence-electron chi connectivity index (χ3n) is 3.15. The lowest BCUT2D eigenvalue weighted by molar-refractivity contribution is -0.145. The highest BCUT2D eigenvalue weighted by atomic mass is 79.9. The summed E-state index contributed by atoms with van der Waals surface area (Å²) in [6.07, 6.45) is 1.84. The smallest absolute Gasteiger partial charge is 0.315 e. The summed E-state index contributed by atoms with van der Waals surface area (Å²) < 4.78 is 1.07. The maximum absolute atomic E-state index is 11.6. The average Bonchev–Trinajstić information content (AvgIpc) is 2.68. The summed E-state index contributed by atoms with van der Waals surface area (Å²) in [7, 11) is 0. The van der Waals surface area contributed by atoms with Crippen molar-refractivity contribution < 1.29 is 14.7 Å². The number of carbonyl (C=O) groups is 2. The predicted molar refractivity (Wildman–Crippen MR) is 76.4 cm³/mol. The first-order chi connectivity index (χ1) is 9.06. The van der Waals surface area contributed by atoms with E-state index < -0.39 is 5.97 Å². The van der Waals surface area contributed by atoms with Gasteiger partial charge in [0.25, 0.3) is 0 Å². The van der Waals surface area contributed by atoms with Crippen molar-refractivity contribution >= 4 is 39.3 Å². The van der Waals surface area contributed by atoms with E-state index >= 15 is 0 Å². The molecule has 0 spiro atoms. The number of rotatable bonds is 5. The summed E-state index contributed by atoms with van der Waals surface area (Å²) in [6, 6.07) is 1.76. The van der Waals surface area contributed by atoms with E-state index in [1.807, 2.05) is 11.4 Å². The van der Waals surface area contributed by atoms with Crippen LogP contribution in [-0.4, -0.2) is 29.7 Å². The van der Waals surface area contributed by atoms with Crippen LogP contribution in [0.3, 0.4) is 0 Å². The lowest BCUT2D eigenvalue weighted by Crippen LogP contribution is -2.50. The zero-order valence-electron chi connectivity index (χ0n) is 10.2. The van der Waals surface area contributed by atoms with E-state index in [1.54, 1.807) is 11.3 Å². The van der Waals surface area contributed by atoms with Gasteiger partial charge in [0.05, 0.1) is 5.92 Å². The molecule has 1 saturated carbocycles. The van der Waals surface area contributed by atoms with Crippen LogP contribution in [0.25, 0.3) is 0 Å². The summed E-state index contributed by atoms with van der Waals surface area (Å²) >= 11 is 5.09. The lowest BCUT2D eigenvalue weighted by atomic mass is 9.80. The number of hydrogen-bond acceptors (Lipinski definition) is 3. The predicted octanol–water partition coefficient (Wildman–Crippen LogP) is 2.22. The third-order valence-corrected chi connectivity index (χ3v) is 5.14. The van der Waals surface area contributed by atoms with Crippen LogP contribution in [0.2, 0.25) is 0 Å². The molecule has 7 heteroatoms. The van der Waals surface area contributed by atoms with E-state index in [9.17, 15) is 9.59 Å². The largest absolute Gasteiger partial charge is 0.481 e. The van der Waals surface area contributed by atoms with E-state index in [2.05, 4.69) is 26.6 Å². The fraction of sp³-hybridized carbons (Fsp3) is 0.500. The second-order valence-electron chi connectivity index (χ2n) is 4.55. The van der Waals surface area contributed by atoms with Gasteiger partial charge in [-0.3, -0.25) is 4.79 Å². The Bertz CT molecular complexity index is 471. The van der Waals surface area contributed by atoms with E-state index in [-0.39, 0.29) is 18.0 Å². The van der Waals surface area contributed by atoms with Gasteiger partial charge in [0.15, 0.2) is 0 Å². The maximum Gasteiger partial charge on any atom is 0.315 e. The molecule has 0 radical (unpaired) electrons. The molecule has 1 aliphatic carbocycles. The fourth-order valence-electron chi connectivity index (χ4n) is 1.97. The van der Waals surface area contributed by atoms with Gasteiger partial charge in [-0.2, -0.15) is 0 Å². The molecule has 2 amide bonds. The number of urea groups is 1. The number of carbonyl (C=O) groups excluding carboxylic acids is 1. The van der Waals surface area contributed by atoms with Crippen molar-refractivity contribution in [3.8, 4) is 0 Å². The number of aliphatic carboxylic acids is 1. The summed E-state index contributed by atoms with van der Waals surface area (Å²) in [6.45, 7) is 0.569. The summed E-state index contributed by atoms with van der Waals surface area (Å²) in [5, 5.41) is 16.3. The van der Waals surface area contributed by atoms with Gasteiger partial charge in [-0.05, 0) is 40.2 Å². The Hall–Kier alpha value is -1.08. The standard InChI is InChI=1S/C12H15BrN2O3S/c13-9-2-4-19-10(9)1-3-14-12(18)15-8-5-7(6-8)11(16)17/h2,4,7-8H,1,3,5-6H2,(H,16,17)(H2,14,15,18). The second-order valence-corrected chi connectivity index (χ2v) is 6.40. The van der Waals surface area contributed by atoms with Gasteiger partial charge >= 0.3 is 12.0 Å². The van der Waals surface area contributed by atoms with Crippen LogP contribution >= 0.6 is 27.3 Å². The number of carboxylic acids is 1. The molecule has 5 nitrogen and oxygen atoms in total. The van der Waals surface area contributed by atoms with E-state index in [4.69, 9.17) is 5.11 Å². The van der Waals surface area contributed by atoms with Gasteiger partial charge in [0.1, 0.15) is 0 Å². The second kappa shape index (κ2) is 6.38. The average molecular weight is 347 g/mol. The molecule has 1 aliphatic rings. The van der Waals surface area contributed by atoms with Crippen molar-refractivity contribution in [2.75, 3.05) is 6.54 Å². The number of nitrogens with one attached hydrogen (secondary N) is 2. The first-order valence-electron chi connectivity index (χ1n) is 6.05. The molecule has 2 rings (SSSR count). The maximum atomic E-state index is 11.6. The summed E-state index contributed by atoms with van der Waals surface area (Å²) in [5.41, 5.74) is 0. The van der Waals surface area contributed by atoms with Gasteiger partial charge in [-0.1, -0.05) is 0 Å². The highest BCUT2D eigenvalue weighted by Crippen LogP contribution is 2.27. The van der Waals surface area contributed by atoms with Crippen LogP contribution in [0, 0.1) is 5.92 Å². The third kappa shape index (κ3) is 3.94. The molecule has 0 aromatic carbocycles. The minimum Gasteiger partial charge on any atom is -0.481 e. The Morgan fingerprint density at radius 3 is 2.79 bits per heavy atom. The molecule has 0 atom stereocenters. The van der Waals surface area contributed by atoms with Crippen LogP contribution in [0.5, 0.6) is 0 Å². The molecule has 0 saturated heterocycles. The molecule has 0 unspecified atom stereocenters. The Labute approximate surface area is 123 Å². The lowest BCUT2D eigenvalue weighted by Gasteiger charge is -2.32. The number of thiophene rings is 1. The van der Waals surface area contributed by atoms with Crippen LogP contribution in [-0.2, 0) is 11.2 Å². The molecular weight excluding hydrogens is 332 g/mol. The first-order valence-corrected chi connectivity index (χ1v) is 7.72. The zero-order chi connectivity index (χ0) is 13.8. The van der Waals surface area contributed by atoms with Gasteiger partial charge < -0.3 is 15.7 Å². The van der Waals surface area contributed by atoms with Gasteiger partial charge in [0, 0.05) is 28.4 Å². The Morgan fingerprint density at radius 1 is 1.47 bits per heavy atom. The van der Waals surface area contributed by atoms with Crippen molar-refractivity contribution in [3.63, 3.8) is 0 Å². The molecular formula is C12H15BrN2O3S. The Balaban J connectivity index is 1.61. The Kier molecular flexibility index (Phi) is 4.81. The van der Waals surface area contributed by atoms with E-state index in [0.717, 1.165) is 10.9 Å². The van der Waals surface area contributed by atoms with Crippen LogP contribution in [0.1, 0.15) is 17.7 Å². The van der Waals surface area contributed by atoms with Gasteiger partial charge in [-0.15, -0.1) is 11.3 Å². The number of halogens is 1. The normalized spacial score (nSPS) is 21.5. The molecule has 3 N–H and O–H groups in total. The van der Waals surface area contributed by atoms with Crippen molar-refractivity contribution in [2.45, 2.75) is 25.3 Å². The van der Waals surface area contributed by atoms with Gasteiger partial charge in [-0.25, -0.2) is 4.79 Å². The molecule has 104 valence electrons. The molecule has 1 fully saturated rings. The molecule has 1 aromatic rings. The number of carboxylic acid groups (broad SMARTS) is 1. The van der Waals surface area contributed by atoms with Crippen molar-refractivity contribution in [1.82, 2.24) is 10.6 Å². The topological polar surface area (TPSA) is 78.4 Å². The van der Waals surface area contributed by atoms with Gasteiger partial charge in [0.2, 0.25) is 0 Å². The molecule has 1 aromatic heterocycles. The molecule has 19 heavy (non-hydrogen) atoms. The van der Waals surface area contributed by atoms with E-state index in [0.29, 0.717) is 19.4 Å². The van der Waals surface area contributed by atoms with Crippen LogP contribution in [0.4, 0.5) is 4.79 Å². The highest BCUT2D eigenvalue weighted by Gasteiger charge is 2.35. The SMILES string of the molecule is O=C(NCCc1sccc1Br)NC1CC(C(=O)O)C1. The fourth-order valence-corrected chi connectivity index (χ4v) is 3.52. The van der Waals surface area contributed by atoms with Crippen molar-refractivity contribution in [1.29, 1.82) is 0 Å². The molecule has 0 bridgehead atoms.